The Morgan fingerprint density at radius 3 is 2.74 bits per heavy atom. The molecule has 5 nitrogen and oxygen atoms in total. The van der Waals surface area contributed by atoms with Gasteiger partial charge in [0.05, 0.1) is 18.0 Å². The molecule has 0 bridgehead atoms. The highest BCUT2D eigenvalue weighted by Gasteiger charge is 2.20. The quantitative estimate of drug-likeness (QED) is 0.811. The molecule has 0 aliphatic carbocycles. The monoisotopic (exact) mass is 304 g/mol. The third kappa shape index (κ3) is 3.12. The smallest absolute Gasteiger partial charge is 0.278 e. The number of nitrogens with zero attached hydrogens (tertiary/aromatic N) is 2. The predicted octanol–water partition coefficient (Wildman–Crippen LogP) is 2.09. The summed E-state index contributed by atoms with van der Waals surface area (Å²) in [6.45, 7) is 0.127. The Hall–Kier alpha value is -1.44. The number of methoxy groups -OCH3 is 1. The zero-order valence-electron chi connectivity index (χ0n) is 9.88. The first-order valence-electron chi connectivity index (χ1n) is 5.20. The van der Waals surface area contributed by atoms with Crippen LogP contribution in [0.15, 0.2) is 35.4 Å². The van der Waals surface area contributed by atoms with Gasteiger partial charge in [-0.25, -0.2) is 17.5 Å². The molecular weight excluding hydrogens is 295 g/mol. The van der Waals surface area contributed by atoms with E-state index in [9.17, 15) is 12.8 Å². The maximum atomic E-state index is 13.2. The van der Waals surface area contributed by atoms with Crippen LogP contribution in [-0.4, -0.2) is 25.3 Å². The lowest BCUT2D eigenvalue weighted by Crippen LogP contribution is -2.05. The van der Waals surface area contributed by atoms with Crippen molar-refractivity contribution in [3.8, 4) is 5.69 Å². The van der Waals surface area contributed by atoms with Crippen molar-refractivity contribution in [1.82, 2.24) is 9.78 Å². The van der Waals surface area contributed by atoms with Crippen LogP contribution in [0.1, 0.15) is 5.69 Å². The van der Waals surface area contributed by atoms with Crippen molar-refractivity contribution in [2.45, 2.75) is 11.6 Å². The van der Waals surface area contributed by atoms with Crippen molar-refractivity contribution in [3.63, 3.8) is 0 Å². The lowest BCUT2D eigenvalue weighted by Gasteiger charge is -2.04. The molecule has 0 saturated carbocycles. The zero-order chi connectivity index (χ0) is 14.0. The summed E-state index contributed by atoms with van der Waals surface area (Å²) in [6.07, 6.45) is 0. The summed E-state index contributed by atoms with van der Waals surface area (Å²) in [7, 11) is 2.80. The average molecular weight is 305 g/mol. The van der Waals surface area contributed by atoms with E-state index in [0.29, 0.717) is 5.69 Å². The molecule has 102 valence electrons. The normalized spacial score (nSPS) is 11.7. The first-order valence-corrected chi connectivity index (χ1v) is 7.51. The van der Waals surface area contributed by atoms with Gasteiger partial charge in [-0.3, -0.25) is 0 Å². The van der Waals surface area contributed by atoms with Gasteiger partial charge in [0.25, 0.3) is 9.05 Å². The standard InChI is InChI=1S/C11H10ClFN2O3S/c1-18-7-9-6-11(19(12,16)17)15(14-9)10-4-2-3-8(13)5-10/h2-6H,7H2,1H3. The van der Waals surface area contributed by atoms with Gasteiger partial charge in [0.2, 0.25) is 0 Å². The van der Waals surface area contributed by atoms with Crippen molar-refractivity contribution in [1.29, 1.82) is 0 Å². The van der Waals surface area contributed by atoms with Crippen molar-refractivity contribution >= 4 is 19.7 Å². The fraction of sp³-hybridized carbons (Fsp3) is 0.182. The molecule has 0 aliphatic rings. The fourth-order valence-corrected chi connectivity index (χ4v) is 2.55. The first-order chi connectivity index (χ1) is 8.91. The lowest BCUT2D eigenvalue weighted by atomic mass is 10.3. The maximum Gasteiger partial charge on any atom is 0.278 e. The molecule has 0 aliphatic heterocycles. The van der Waals surface area contributed by atoms with Crippen molar-refractivity contribution in [2.24, 2.45) is 0 Å². The number of hydrogen-bond donors (Lipinski definition) is 0. The van der Waals surface area contributed by atoms with Crippen LogP contribution in [0.25, 0.3) is 5.69 Å². The van der Waals surface area contributed by atoms with Crippen LogP contribution in [0.3, 0.4) is 0 Å². The molecule has 1 aromatic heterocycles. The number of halogens is 2. The van der Waals surface area contributed by atoms with Crippen LogP contribution in [-0.2, 0) is 20.4 Å². The third-order valence-electron chi connectivity index (χ3n) is 2.32. The fourth-order valence-electron chi connectivity index (χ4n) is 1.60. The highest BCUT2D eigenvalue weighted by molar-refractivity contribution is 8.13. The summed E-state index contributed by atoms with van der Waals surface area (Å²) in [4.78, 5) is 0. The summed E-state index contributed by atoms with van der Waals surface area (Å²) >= 11 is 0. The Kier molecular flexibility index (Phi) is 3.88. The molecule has 0 atom stereocenters. The molecule has 0 unspecified atom stereocenters. The third-order valence-corrected chi connectivity index (χ3v) is 3.59. The Labute approximate surface area is 114 Å². The molecule has 0 spiro atoms. The molecule has 0 radical (unpaired) electrons. The predicted molar refractivity (Wildman–Crippen MR) is 67.3 cm³/mol. The lowest BCUT2D eigenvalue weighted by molar-refractivity contribution is 0.181. The van der Waals surface area contributed by atoms with Crippen LogP contribution >= 0.6 is 10.7 Å². The number of aromatic nitrogens is 2. The molecule has 1 heterocycles. The molecular formula is C11H10ClFN2O3S. The molecule has 0 amide bonds. The Balaban J connectivity index is 2.61. The van der Waals surface area contributed by atoms with Gasteiger partial charge in [0, 0.05) is 23.9 Å². The van der Waals surface area contributed by atoms with Crippen LogP contribution in [0, 0.1) is 5.82 Å². The van der Waals surface area contributed by atoms with Gasteiger partial charge in [0.15, 0.2) is 5.03 Å². The van der Waals surface area contributed by atoms with E-state index in [1.54, 1.807) is 0 Å². The Morgan fingerprint density at radius 2 is 2.16 bits per heavy atom. The van der Waals surface area contributed by atoms with Gasteiger partial charge in [-0.1, -0.05) is 6.07 Å². The molecule has 1 aromatic carbocycles. The Bertz CT molecular complexity index is 700. The summed E-state index contributed by atoms with van der Waals surface area (Å²) in [6, 6.07) is 6.68. The van der Waals surface area contributed by atoms with Crippen LogP contribution in [0.2, 0.25) is 0 Å². The molecule has 0 N–H and O–H groups in total. The zero-order valence-corrected chi connectivity index (χ0v) is 11.4. The summed E-state index contributed by atoms with van der Waals surface area (Å²) in [5.41, 5.74) is 0.646. The van der Waals surface area contributed by atoms with Crippen molar-refractivity contribution in [3.05, 3.63) is 41.8 Å². The molecule has 0 fully saturated rings. The van der Waals surface area contributed by atoms with E-state index < -0.39 is 14.9 Å². The van der Waals surface area contributed by atoms with Gasteiger partial charge in [-0.15, -0.1) is 0 Å². The number of ether oxygens (including phenoxy) is 1. The second kappa shape index (κ2) is 5.28. The van der Waals surface area contributed by atoms with Crippen LogP contribution in [0.4, 0.5) is 4.39 Å². The molecule has 2 rings (SSSR count). The van der Waals surface area contributed by atoms with Gasteiger partial charge in [0.1, 0.15) is 5.82 Å². The number of hydrogen-bond acceptors (Lipinski definition) is 4. The SMILES string of the molecule is COCc1cc(S(=O)(=O)Cl)n(-c2cccc(F)c2)n1. The molecule has 8 heteroatoms. The van der Waals surface area contributed by atoms with E-state index in [2.05, 4.69) is 5.10 Å². The van der Waals surface area contributed by atoms with Gasteiger partial charge in [-0.05, 0) is 18.2 Å². The summed E-state index contributed by atoms with van der Waals surface area (Å²) in [5, 5.41) is 3.81. The average Bonchev–Trinajstić information content (AvgIpc) is 2.73. The molecule has 19 heavy (non-hydrogen) atoms. The van der Waals surface area contributed by atoms with Crippen molar-refractivity contribution < 1.29 is 17.5 Å². The van der Waals surface area contributed by atoms with Gasteiger partial charge in [-0.2, -0.15) is 5.10 Å². The van der Waals surface area contributed by atoms with E-state index in [0.717, 1.165) is 10.7 Å². The van der Waals surface area contributed by atoms with E-state index in [-0.39, 0.29) is 17.3 Å². The minimum absolute atomic E-state index is 0.127. The Morgan fingerprint density at radius 1 is 1.42 bits per heavy atom. The summed E-state index contributed by atoms with van der Waals surface area (Å²) in [5.74, 6) is -0.501. The highest BCUT2D eigenvalue weighted by atomic mass is 35.7. The van der Waals surface area contributed by atoms with E-state index in [1.165, 1.54) is 31.4 Å². The van der Waals surface area contributed by atoms with Crippen molar-refractivity contribution in [2.75, 3.05) is 7.11 Å². The topological polar surface area (TPSA) is 61.2 Å². The van der Waals surface area contributed by atoms with Crippen LogP contribution < -0.4 is 0 Å². The maximum absolute atomic E-state index is 13.2. The largest absolute Gasteiger partial charge is 0.378 e. The minimum atomic E-state index is -4.00. The van der Waals surface area contributed by atoms with Gasteiger partial charge >= 0.3 is 0 Å². The van der Waals surface area contributed by atoms with Gasteiger partial charge < -0.3 is 4.74 Å². The van der Waals surface area contributed by atoms with Crippen LogP contribution in [0.5, 0.6) is 0 Å². The molecule has 0 saturated heterocycles. The number of benzene rings is 1. The number of rotatable bonds is 4. The first kappa shape index (κ1) is 14.0. The second-order valence-corrected chi connectivity index (χ2v) is 6.25. The van der Waals surface area contributed by atoms with E-state index in [4.69, 9.17) is 15.4 Å². The van der Waals surface area contributed by atoms with E-state index >= 15 is 0 Å². The van der Waals surface area contributed by atoms with E-state index in [1.807, 2.05) is 0 Å². The summed E-state index contributed by atoms with van der Waals surface area (Å²) < 4.78 is 42.1. The molecule has 2 aromatic rings. The highest BCUT2D eigenvalue weighted by Crippen LogP contribution is 2.21. The minimum Gasteiger partial charge on any atom is -0.378 e. The second-order valence-electron chi connectivity index (χ2n) is 3.74.